The van der Waals surface area contributed by atoms with Crippen LogP contribution in [0.15, 0.2) is 48.0 Å². The van der Waals surface area contributed by atoms with Crippen molar-refractivity contribution in [2.75, 3.05) is 0 Å². The van der Waals surface area contributed by atoms with Gasteiger partial charge in [0.05, 0.1) is 5.57 Å². The fourth-order valence-electron chi connectivity index (χ4n) is 3.34. The second kappa shape index (κ2) is 8.51. The molecule has 0 aromatic heterocycles. The zero-order chi connectivity index (χ0) is 21.0. The van der Waals surface area contributed by atoms with Crippen LogP contribution in [0.1, 0.15) is 35.1 Å². The van der Waals surface area contributed by atoms with E-state index in [1.165, 1.54) is 0 Å². The Balaban J connectivity index is 2.04. The minimum absolute atomic E-state index is 0.00222. The molecule has 2 aromatic carbocycles. The molecule has 0 saturated heterocycles. The van der Waals surface area contributed by atoms with Crippen molar-refractivity contribution in [3.05, 3.63) is 70.3 Å². The molecule has 1 aliphatic rings. The van der Waals surface area contributed by atoms with Crippen LogP contribution in [-0.4, -0.2) is 29.6 Å². The monoisotopic (exact) mass is 404 g/mol. The number of hydrogen-bond acceptors (Lipinski definition) is 3. The van der Waals surface area contributed by atoms with Gasteiger partial charge in [-0.1, -0.05) is 30.3 Å². The first-order valence-electron chi connectivity index (χ1n) is 9.11. The molecule has 3 rings (SSSR count). The minimum Gasteiger partial charge on any atom is -0.478 e. The van der Waals surface area contributed by atoms with E-state index in [2.05, 4.69) is 0 Å². The molecule has 0 amide bonds. The van der Waals surface area contributed by atoms with Gasteiger partial charge in [0.1, 0.15) is 12.0 Å². The number of fused-ring (bicyclic) bond motifs is 1. The van der Waals surface area contributed by atoms with Gasteiger partial charge >= 0.3 is 12.1 Å². The van der Waals surface area contributed by atoms with Gasteiger partial charge in [-0.3, -0.25) is 0 Å². The molecule has 2 aromatic rings. The van der Waals surface area contributed by atoms with Crippen LogP contribution in [-0.2, 0) is 22.4 Å². The average molecular weight is 404 g/mol. The van der Waals surface area contributed by atoms with E-state index in [9.17, 15) is 27.9 Å². The van der Waals surface area contributed by atoms with Crippen molar-refractivity contribution in [1.82, 2.24) is 0 Å². The van der Waals surface area contributed by atoms with Crippen LogP contribution >= 0.6 is 0 Å². The van der Waals surface area contributed by atoms with Crippen LogP contribution in [0.3, 0.4) is 0 Å². The van der Waals surface area contributed by atoms with Crippen molar-refractivity contribution in [2.45, 2.75) is 38.0 Å². The quantitative estimate of drug-likeness (QED) is 0.542. The average Bonchev–Trinajstić information content (AvgIpc) is 2.67. The number of carbonyl (C=O) groups is 2. The summed E-state index contributed by atoms with van der Waals surface area (Å²) in [6, 6.07) is 12.7. The second-order valence-electron chi connectivity index (χ2n) is 6.82. The number of aryl methyl sites for hydroxylation is 1. The Morgan fingerprint density at radius 2 is 1.86 bits per heavy atom. The van der Waals surface area contributed by atoms with Crippen molar-refractivity contribution in [3.63, 3.8) is 0 Å². The number of ether oxygens (including phenoxy) is 1. The molecule has 0 fully saturated rings. The van der Waals surface area contributed by atoms with Gasteiger partial charge in [0.15, 0.2) is 0 Å². The molecule has 1 heterocycles. The SMILES string of the molecule is O=CCCCc1cc2c(cc1Cc1ccccc1)OC(C(F)(F)F)C(C(=O)O)=C2. The third-order valence-corrected chi connectivity index (χ3v) is 4.72. The smallest absolute Gasteiger partial charge is 0.430 e. The van der Waals surface area contributed by atoms with Crippen LogP contribution < -0.4 is 4.74 Å². The van der Waals surface area contributed by atoms with E-state index in [-0.39, 0.29) is 5.75 Å². The lowest BCUT2D eigenvalue weighted by atomic mass is 9.91. The Hall–Kier alpha value is -3.09. The van der Waals surface area contributed by atoms with Crippen molar-refractivity contribution in [1.29, 1.82) is 0 Å². The molecule has 1 unspecified atom stereocenters. The molecular formula is C22H19F3O4. The lowest BCUT2D eigenvalue weighted by Gasteiger charge is -2.28. The van der Waals surface area contributed by atoms with Gasteiger partial charge in [-0.25, -0.2) is 4.79 Å². The first-order chi connectivity index (χ1) is 13.8. The maximum absolute atomic E-state index is 13.3. The Labute approximate surface area is 165 Å². The fourth-order valence-corrected chi connectivity index (χ4v) is 3.34. The number of carbonyl (C=O) groups excluding carboxylic acids is 1. The Kier molecular flexibility index (Phi) is 6.06. The predicted molar refractivity (Wildman–Crippen MR) is 101 cm³/mol. The first-order valence-corrected chi connectivity index (χ1v) is 9.11. The molecule has 29 heavy (non-hydrogen) atoms. The summed E-state index contributed by atoms with van der Waals surface area (Å²) in [7, 11) is 0. The third-order valence-electron chi connectivity index (χ3n) is 4.72. The molecule has 1 atom stereocenters. The molecule has 0 aliphatic carbocycles. The number of carboxylic acid groups (broad SMARTS) is 1. The van der Waals surface area contributed by atoms with Crippen LogP contribution in [0.2, 0.25) is 0 Å². The molecule has 0 spiro atoms. The number of benzene rings is 2. The maximum atomic E-state index is 13.3. The van der Waals surface area contributed by atoms with E-state index < -0.39 is 23.8 Å². The lowest BCUT2D eigenvalue weighted by Crippen LogP contribution is -2.40. The van der Waals surface area contributed by atoms with Crippen molar-refractivity contribution in [2.24, 2.45) is 0 Å². The summed E-state index contributed by atoms with van der Waals surface area (Å²) in [6.45, 7) is 0. The van der Waals surface area contributed by atoms with Gasteiger partial charge in [0, 0.05) is 12.0 Å². The highest BCUT2D eigenvalue weighted by atomic mass is 19.4. The van der Waals surface area contributed by atoms with E-state index in [4.69, 9.17) is 4.74 Å². The van der Waals surface area contributed by atoms with E-state index in [0.29, 0.717) is 31.2 Å². The number of halogens is 3. The highest BCUT2D eigenvalue weighted by Crippen LogP contribution is 2.39. The van der Waals surface area contributed by atoms with Gasteiger partial charge < -0.3 is 14.6 Å². The van der Waals surface area contributed by atoms with Crippen LogP contribution in [0.25, 0.3) is 6.08 Å². The Morgan fingerprint density at radius 3 is 2.48 bits per heavy atom. The van der Waals surface area contributed by atoms with Crippen LogP contribution in [0.5, 0.6) is 5.75 Å². The standard InChI is InChI=1S/C22H19F3O4/c23-22(24,25)20-18(21(27)28)12-17-11-15(8-4-5-9-26)16(13-19(17)29-20)10-14-6-2-1-3-7-14/h1-3,6-7,9,11-13,20H,4-5,8,10H2,(H,27,28). The summed E-state index contributed by atoms with van der Waals surface area (Å²) >= 11 is 0. The van der Waals surface area contributed by atoms with Crippen LogP contribution in [0, 0.1) is 0 Å². The van der Waals surface area contributed by atoms with Crippen LogP contribution in [0.4, 0.5) is 13.2 Å². The largest absolute Gasteiger partial charge is 0.478 e. The number of unbranched alkanes of at least 4 members (excludes halogenated alkanes) is 1. The third kappa shape index (κ3) is 4.85. The molecule has 0 radical (unpaired) electrons. The zero-order valence-corrected chi connectivity index (χ0v) is 15.4. The van der Waals surface area contributed by atoms with E-state index in [0.717, 1.165) is 29.1 Å². The molecule has 0 bridgehead atoms. The molecular weight excluding hydrogens is 385 g/mol. The normalized spacial score (nSPS) is 15.8. The number of aldehydes is 1. The van der Waals surface area contributed by atoms with Gasteiger partial charge in [-0.2, -0.15) is 13.2 Å². The number of alkyl halides is 3. The number of aliphatic carboxylic acids is 1. The maximum Gasteiger partial charge on any atom is 0.430 e. The lowest BCUT2D eigenvalue weighted by molar-refractivity contribution is -0.187. The number of rotatable bonds is 7. The summed E-state index contributed by atoms with van der Waals surface area (Å²) in [4.78, 5) is 22.0. The second-order valence-corrected chi connectivity index (χ2v) is 6.82. The summed E-state index contributed by atoms with van der Waals surface area (Å²) in [5, 5.41) is 9.20. The molecule has 7 heteroatoms. The summed E-state index contributed by atoms with van der Waals surface area (Å²) in [6.07, 6.45) is -3.53. The zero-order valence-electron chi connectivity index (χ0n) is 15.4. The van der Waals surface area contributed by atoms with Gasteiger partial charge in [0.25, 0.3) is 0 Å². The number of hydrogen-bond donors (Lipinski definition) is 1. The Bertz CT molecular complexity index is 933. The molecule has 152 valence electrons. The van der Waals surface area contributed by atoms with E-state index in [1.807, 2.05) is 30.3 Å². The number of carboxylic acids is 1. The predicted octanol–water partition coefficient (Wildman–Crippen LogP) is 4.59. The van der Waals surface area contributed by atoms with Gasteiger partial charge in [-0.05, 0) is 54.2 Å². The molecule has 1 N–H and O–H groups in total. The fraction of sp³-hybridized carbons (Fsp3) is 0.273. The van der Waals surface area contributed by atoms with Crippen molar-refractivity contribution in [3.8, 4) is 5.75 Å². The first kappa shape index (κ1) is 20.6. The highest BCUT2D eigenvalue weighted by Gasteiger charge is 2.48. The minimum atomic E-state index is -4.84. The highest BCUT2D eigenvalue weighted by molar-refractivity contribution is 5.95. The molecule has 1 aliphatic heterocycles. The summed E-state index contributed by atoms with van der Waals surface area (Å²) in [5.41, 5.74) is 2.06. The van der Waals surface area contributed by atoms with E-state index in [1.54, 1.807) is 12.1 Å². The topological polar surface area (TPSA) is 63.6 Å². The van der Waals surface area contributed by atoms with Gasteiger partial charge in [-0.15, -0.1) is 0 Å². The van der Waals surface area contributed by atoms with Gasteiger partial charge in [0.2, 0.25) is 6.10 Å². The Morgan fingerprint density at radius 1 is 1.14 bits per heavy atom. The molecule has 0 saturated carbocycles. The van der Waals surface area contributed by atoms with E-state index >= 15 is 0 Å². The summed E-state index contributed by atoms with van der Waals surface area (Å²) < 4.78 is 45.0. The van der Waals surface area contributed by atoms with Crippen molar-refractivity contribution >= 4 is 18.3 Å². The van der Waals surface area contributed by atoms with Crippen molar-refractivity contribution < 1.29 is 32.6 Å². The summed E-state index contributed by atoms with van der Waals surface area (Å²) in [5.74, 6) is -1.67. The molecule has 4 nitrogen and oxygen atoms in total.